The quantitative estimate of drug-likeness (QED) is 0.322. The summed E-state index contributed by atoms with van der Waals surface area (Å²) in [6.45, 7) is 0. The van der Waals surface area contributed by atoms with Crippen molar-refractivity contribution in [3.63, 3.8) is 0 Å². The minimum Gasteiger partial charge on any atom is -0.478 e. The number of anilines is 1. The summed E-state index contributed by atoms with van der Waals surface area (Å²) in [6, 6.07) is 16.9. The number of carbonyl (C=O) groups is 1. The Morgan fingerprint density at radius 3 is 2.32 bits per heavy atom. The van der Waals surface area contributed by atoms with Gasteiger partial charge in [-0.3, -0.25) is 0 Å². The third-order valence-electron chi connectivity index (χ3n) is 4.99. The molecule has 3 aromatic rings. The van der Waals surface area contributed by atoms with E-state index in [2.05, 4.69) is 0 Å². The molecule has 0 fully saturated rings. The van der Waals surface area contributed by atoms with Crippen LogP contribution in [0.2, 0.25) is 25.1 Å². The van der Waals surface area contributed by atoms with Gasteiger partial charge in [0.15, 0.2) is 0 Å². The molecule has 0 saturated heterocycles. The first-order chi connectivity index (χ1) is 16.2. The zero-order chi connectivity index (χ0) is 24.4. The van der Waals surface area contributed by atoms with Crippen LogP contribution in [0.1, 0.15) is 17.5 Å². The van der Waals surface area contributed by atoms with E-state index in [1.807, 2.05) is 12.1 Å². The average molecular weight is 553 g/mol. The molecule has 0 radical (unpaired) electrons. The van der Waals surface area contributed by atoms with Crippen molar-refractivity contribution in [1.29, 1.82) is 0 Å². The Bertz CT molecular complexity index is 1380. The fourth-order valence-electron chi connectivity index (χ4n) is 3.42. The van der Waals surface area contributed by atoms with E-state index in [1.54, 1.807) is 59.6 Å². The zero-order valence-electron chi connectivity index (χ0n) is 17.3. The SMILES string of the molecule is O=C(O)/C(=C\C1=NN(c2cc(Cl)ccc2Cl)C(c2ccc(Cl)c(Cl)c2)=CC1)c1cccc(Cl)c1. The van der Waals surface area contributed by atoms with Crippen LogP contribution in [0.4, 0.5) is 5.69 Å². The summed E-state index contributed by atoms with van der Waals surface area (Å²) in [7, 11) is 0. The van der Waals surface area contributed by atoms with E-state index in [9.17, 15) is 9.90 Å². The van der Waals surface area contributed by atoms with E-state index in [1.165, 1.54) is 6.08 Å². The largest absolute Gasteiger partial charge is 0.478 e. The maximum Gasteiger partial charge on any atom is 0.336 e. The molecule has 1 aliphatic rings. The Morgan fingerprint density at radius 1 is 0.882 bits per heavy atom. The van der Waals surface area contributed by atoms with Crippen LogP contribution in [0, 0.1) is 0 Å². The number of hydrazone groups is 1. The van der Waals surface area contributed by atoms with E-state index in [-0.39, 0.29) is 5.57 Å². The lowest BCUT2D eigenvalue weighted by Gasteiger charge is -2.28. The van der Waals surface area contributed by atoms with Gasteiger partial charge in [-0.1, -0.05) is 82.3 Å². The Kier molecular flexibility index (Phi) is 7.56. The van der Waals surface area contributed by atoms with Crippen molar-refractivity contribution < 1.29 is 9.90 Å². The molecule has 0 aliphatic carbocycles. The van der Waals surface area contributed by atoms with Crippen LogP contribution in [0.25, 0.3) is 11.3 Å². The molecule has 172 valence electrons. The smallest absolute Gasteiger partial charge is 0.336 e. The Labute approximate surface area is 221 Å². The number of nitrogens with zero attached hydrogens (tertiary/aromatic N) is 2. The first-order valence-corrected chi connectivity index (χ1v) is 11.8. The van der Waals surface area contributed by atoms with Crippen LogP contribution >= 0.6 is 58.0 Å². The van der Waals surface area contributed by atoms with Gasteiger partial charge in [0, 0.05) is 22.0 Å². The molecule has 0 aromatic heterocycles. The number of halogens is 5. The molecule has 0 bridgehead atoms. The lowest BCUT2D eigenvalue weighted by atomic mass is 10.0. The summed E-state index contributed by atoms with van der Waals surface area (Å²) in [4.78, 5) is 12.0. The normalized spacial score (nSPS) is 14.0. The third kappa shape index (κ3) is 5.43. The molecule has 1 N–H and O–H groups in total. The number of allylic oxidation sites excluding steroid dienone is 2. The van der Waals surface area contributed by atoms with Crippen LogP contribution in [0.5, 0.6) is 0 Å². The molecule has 0 unspecified atom stereocenters. The highest BCUT2D eigenvalue weighted by molar-refractivity contribution is 6.42. The van der Waals surface area contributed by atoms with E-state index >= 15 is 0 Å². The van der Waals surface area contributed by atoms with Crippen molar-refractivity contribution in [3.8, 4) is 0 Å². The highest BCUT2D eigenvalue weighted by Gasteiger charge is 2.23. The topological polar surface area (TPSA) is 52.9 Å². The number of aliphatic carboxylic acids is 1. The molecule has 0 atom stereocenters. The molecule has 0 spiro atoms. The van der Waals surface area contributed by atoms with Gasteiger partial charge in [-0.2, -0.15) is 5.10 Å². The van der Waals surface area contributed by atoms with Gasteiger partial charge in [0.1, 0.15) is 0 Å². The van der Waals surface area contributed by atoms with Crippen LogP contribution in [0.3, 0.4) is 0 Å². The van der Waals surface area contributed by atoms with Crippen molar-refractivity contribution in [2.45, 2.75) is 6.42 Å². The second-order valence-corrected chi connectivity index (χ2v) is 9.39. The van der Waals surface area contributed by atoms with E-state index in [0.717, 1.165) is 5.56 Å². The maximum absolute atomic E-state index is 12.0. The number of benzene rings is 3. The van der Waals surface area contributed by atoms with Crippen LogP contribution in [-0.4, -0.2) is 16.8 Å². The zero-order valence-corrected chi connectivity index (χ0v) is 21.1. The predicted molar refractivity (Wildman–Crippen MR) is 142 cm³/mol. The molecule has 34 heavy (non-hydrogen) atoms. The number of hydrogen-bond acceptors (Lipinski definition) is 3. The monoisotopic (exact) mass is 550 g/mol. The van der Waals surface area contributed by atoms with Gasteiger partial charge in [-0.25, -0.2) is 9.80 Å². The van der Waals surface area contributed by atoms with Gasteiger partial charge in [0.2, 0.25) is 0 Å². The summed E-state index contributed by atoms with van der Waals surface area (Å²) in [5.41, 5.74) is 3.00. The van der Waals surface area contributed by atoms with E-state index in [4.69, 9.17) is 63.1 Å². The highest BCUT2D eigenvalue weighted by atomic mass is 35.5. The lowest BCUT2D eigenvalue weighted by Crippen LogP contribution is -2.21. The minimum atomic E-state index is -1.10. The second kappa shape index (κ2) is 10.4. The average Bonchev–Trinajstić information content (AvgIpc) is 2.80. The molecule has 0 amide bonds. The predicted octanol–water partition coefficient (Wildman–Crippen LogP) is 8.73. The lowest BCUT2D eigenvalue weighted by molar-refractivity contribution is -0.130. The van der Waals surface area contributed by atoms with Crippen molar-refractivity contribution >= 4 is 86.6 Å². The van der Waals surface area contributed by atoms with Crippen molar-refractivity contribution in [2.24, 2.45) is 5.10 Å². The summed E-state index contributed by atoms with van der Waals surface area (Å²) in [5.74, 6) is -1.10. The van der Waals surface area contributed by atoms with E-state index < -0.39 is 5.97 Å². The molecule has 4 rings (SSSR count). The molecule has 9 heteroatoms. The van der Waals surface area contributed by atoms with Gasteiger partial charge in [-0.05, 0) is 54.1 Å². The van der Waals surface area contributed by atoms with Crippen molar-refractivity contribution in [2.75, 3.05) is 5.01 Å². The van der Waals surface area contributed by atoms with Crippen LogP contribution in [-0.2, 0) is 4.79 Å². The molecule has 1 aliphatic heterocycles. The molecule has 4 nitrogen and oxygen atoms in total. The summed E-state index contributed by atoms with van der Waals surface area (Å²) < 4.78 is 0. The first kappa shape index (κ1) is 24.6. The van der Waals surface area contributed by atoms with Crippen molar-refractivity contribution in [3.05, 3.63) is 109 Å². The fraction of sp³-hybridized carbons (Fsp3) is 0.0400. The Hall–Kier alpha value is -2.47. The summed E-state index contributed by atoms with van der Waals surface area (Å²) in [6.07, 6.45) is 3.79. The fourth-order valence-corrected chi connectivity index (χ4v) is 4.27. The Morgan fingerprint density at radius 2 is 1.62 bits per heavy atom. The molecule has 3 aromatic carbocycles. The molecular weight excluding hydrogens is 538 g/mol. The standard InChI is InChI=1S/C25H15Cl5N2O2/c26-16-3-1-2-14(10-16)19(25(33)34)13-18-6-9-23(15-4-7-20(28)22(30)11-15)32(31-18)24-12-17(27)5-8-21(24)29/h1-5,7-13H,6H2,(H,33,34)/b19-13-. The highest BCUT2D eigenvalue weighted by Crippen LogP contribution is 2.38. The number of carboxylic acids is 1. The van der Waals surface area contributed by atoms with Crippen LogP contribution < -0.4 is 5.01 Å². The summed E-state index contributed by atoms with van der Waals surface area (Å²) >= 11 is 31.1. The Balaban J connectivity index is 1.84. The molecular formula is C25H15Cl5N2O2. The first-order valence-electron chi connectivity index (χ1n) is 9.92. The molecule has 1 heterocycles. The van der Waals surface area contributed by atoms with Gasteiger partial charge in [-0.15, -0.1) is 0 Å². The molecule has 0 saturated carbocycles. The van der Waals surface area contributed by atoms with Gasteiger partial charge in [0.05, 0.1) is 37.7 Å². The maximum atomic E-state index is 12.0. The minimum absolute atomic E-state index is 0.0600. The summed E-state index contributed by atoms with van der Waals surface area (Å²) in [5, 5.41) is 18.3. The van der Waals surface area contributed by atoms with Gasteiger partial charge < -0.3 is 5.11 Å². The van der Waals surface area contributed by atoms with Gasteiger partial charge in [0.25, 0.3) is 0 Å². The third-order valence-corrected chi connectivity index (χ3v) is 6.52. The van der Waals surface area contributed by atoms with Crippen molar-refractivity contribution in [1.82, 2.24) is 0 Å². The number of rotatable bonds is 5. The second-order valence-electron chi connectivity index (χ2n) is 7.29. The van der Waals surface area contributed by atoms with Gasteiger partial charge >= 0.3 is 5.97 Å². The van der Waals surface area contributed by atoms with Crippen LogP contribution in [0.15, 0.2) is 77.9 Å². The number of carboxylic acid groups (broad SMARTS) is 1. The van der Waals surface area contributed by atoms with E-state index in [0.29, 0.717) is 54.2 Å². The number of hydrogen-bond donors (Lipinski definition) is 1.